The molecule has 8 heteroatoms. The number of ether oxygens (including phenoxy) is 2. The van der Waals surface area contributed by atoms with Gasteiger partial charge in [0.05, 0.1) is 19.1 Å². The molecule has 1 spiro atoms. The Kier molecular flexibility index (Phi) is 4.86. The fourth-order valence-corrected chi connectivity index (χ4v) is 4.44. The second-order valence-electron chi connectivity index (χ2n) is 6.97. The number of carbonyl (C=O) groups excluding carboxylic acids is 2. The van der Waals surface area contributed by atoms with Gasteiger partial charge in [-0.3, -0.25) is 9.59 Å². The van der Waals surface area contributed by atoms with E-state index in [1.165, 1.54) is 0 Å². The van der Waals surface area contributed by atoms with E-state index in [4.69, 9.17) is 32.7 Å². The molecule has 1 unspecified atom stereocenters. The van der Waals surface area contributed by atoms with Gasteiger partial charge < -0.3 is 19.3 Å². The average molecular weight is 399 g/mol. The van der Waals surface area contributed by atoms with Crippen LogP contribution in [0.5, 0.6) is 0 Å². The number of hydrogen-bond donors (Lipinski definition) is 0. The summed E-state index contributed by atoms with van der Waals surface area (Å²) in [5.41, 5.74) is 0.633. The van der Waals surface area contributed by atoms with E-state index in [1.807, 2.05) is 4.90 Å². The Bertz CT molecular complexity index is 706. The van der Waals surface area contributed by atoms with E-state index in [0.717, 1.165) is 0 Å². The van der Waals surface area contributed by atoms with Crippen LogP contribution in [0.4, 0.5) is 5.69 Å². The van der Waals surface area contributed by atoms with Gasteiger partial charge in [-0.2, -0.15) is 0 Å². The summed E-state index contributed by atoms with van der Waals surface area (Å²) in [7, 11) is 0. The van der Waals surface area contributed by atoms with Gasteiger partial charge in [0.25, 0.3) is 0 Å². The molecule has 3 aliphatic rings. The van der Waals surface area contributed by atoms with Crippen molar-refractivity contribution in [3.05, 3.63) is 28.2 Å². The minimum atomic E-state index is -0.508. The number of carbonyl (C=O) groups is 2. The van der Waals surface area contributed by atoms with Crippen LogP contribution in [0.1, 0.15) is 19.3 Å². The first kappa shape index (κ1) is 18.0. The maximum Gasteiger partial charge on any atom is 0.228 e. The number of hydrogen-bond acceptors (Lipinski definition) is 4. The zero-order valence-corrected chi connectivity index (χ0v) is 15.8. The quantitative estimate of drug-likeness (QED) is 0.768. The van der Waals surface area contributed by atoms with Crippen molar-refractivity contribution in [3.63, 3.8) is 0 Å². The normalized spacial score (nSPS) is 25.3. The van der Waals surface area contributed by atoms with Crippen LogP contribution < -0.4 is 4.90 Å². The second kappa shape index (κ2) is 7.00. The van der Waals surface area contributed by atoms with Gasteiger partial charge in [-0.1, -0.05) is 23.2 Å². The molecule has 0 radical (unpaired) electrons. The number of piperidine rings is 1. The van der Waals surface area contributed by atoms with Gasteiger partial charge in [0.2, 0.25) is 11.8 Å². The molecule has 6 nitrogen and oxygen atoms in total. The summed E-state index contributed by atoms with van der Waals surface area (Å²) in [6.45, 7) is 2.76. The Labute approximate surface area is 161 Å². The van der Waals surface area contributed by atoms with Crippen molar-refractivity contribution in [1.29, 1.82) is 0 Å². The highest BCUT2D eigenvalue weighted by atomic mass is 35.5. The summed E-state index contributed by atoms with van der Waals surface area (Å²) < 4.78 is 11.4. The lowest BCUT2D eigenvalue weighted by Crippen LogP contribution is -2.49. The monoisotopic (exact) mass is 398 g/mol. The summed E-state index contributed by atoms with van der Waals surface area (Å²) in [5, 5.41) is 0.931. The standard InChI is InChI=1S/C18H20Cl2N2O4/c19-13-8-14(20)10-15(9-13)22-11-12(7-16(22)23)17(24)21-3-1-18(2-4-21)25-5-6-26-18/h8-10,12H,1-7,11H2. The first-order valence-electron chi connectivity index (χ1n) is 8.79. The van der Waals surface area contributed by atoms with Crippen LogP contribution >= 0.6 is 23.2 Å². The SMILES string of the molecule is O=C(C1CC(=O)N(c2cc(Cl)cc(Cl)c2)C1)N1CCC2(CC1)OCCO2. The van der Waals surface area contributed by atoms with Crippen molar-refractivity contribution in [2.24, 2.45) is 5.92 Å². The third kappa shape index (κ3) is 3.43. The highest BCUT2D eigenvalue weighted by molar-refractivity contribution is 6.35. The molecule has 1 aromatic rings. The van der Waals surface area contributed by atoms with Gasteiger partial charge in [0.15, 0.2) is 5.79 Å². The molecule has 0 bridgehead atoms. The molecule has 26 heavy (non-hydrogen) atoms. The number of likely N-dealkylation sites (tertiary alicyclic amines) is 1. The first-order chi connectivity index (χ1) is 12.5. The van der Waals surface area contributed by atoms with E-state index in [2.05, 4.69) is 0 Å². The van der Waals surface area contributed by atoms with Crippen LogP contribution in [-0.4, -0.2) is 55.3 Å². The number of anilines is 1. The van der Waals surface area contributed by atoms with Gasteiger partial charge in [-0.15, -0.1) is 0 Å². The molecule has 0 N–H and O–H groups in total. The zero-order chi connectivity index (χ0) is 18.3. The van der Waals surface area contributed by atoms with Gasteiger partial charge in [0, 0.05) is 54.6 Å². The topological polar surface area (TPSA) is 59.1 Å². The lowest BCUT2D eigenvalue weighted by atomic mass is 10.0. The predicted molar refractivity (Wildman–Crippen MR) is 97.4 cm³/mol. The minimum absolute atomic E-state index is 0.0156. The van der Waals surface area contributed by atoms with Crippen LogP contribution in [0.2, 0.25) is 10.0 Å². The highest BCUT2D eigenvalue weighted by Gasteiger charge is 2.43. The minimum Gasteiger partial charge on any atom is -0.347 e. The van der Waals surface area contributed by atoms with E-state index < -0.39 is 5.79 Å². The van der Waals surface area contributed by atoms with Gasteiger partial charge in [0.1, 0.15) is 0 Å². The van der Waals surface area contributed by atoms with Crippen LogP contribution in [0, 0.1) is 5.92 Å². The number of benzene rings is 1. The summed E-state index contributed by atoms with van der Waals surface area (Å²) in [6.07, 6.45) is 1.55. The number of rotatable bonds is 2. The van der Waals surface area contributed by atoms with Gasteiger partial charge in [-0.25, -0.2) is 0 Å². The van der Waals surface area contributed by atoms with Crippen LogP contribution in [0.15, 0.2) is 18.2 Å². The Morgan fingerprint density at radius 1 is 1.08 bits per heavy atom. The van der Waals surface area contributed by atoms with Crippen molar-refractivity contribution in [2.75, 3.05) is 37.7 Å². The molecule has 3 fully saturated rings. The molecule has 3 heterocycles. The van der Waals surface area contributed by atoms with Crippen LogP contribution in [0.25, 0.3) is 0 Å². The molecule has 1 aromatic carbocycles. The molecule has 140 valence electrons. The molecule has 3 aliphatic heterocycles. The Morgan fingerprint density at radius 3 is 2.31 bits per heavy atom. The van der Waals surface area contributed by atoms with E-state index in [1.54, 1.807) is 23.1 Å². The molecule has 0 aliphatic carbocycles. The van der Waals surface area contributed by atoms with Gasteiger partial charge in [-0.05, 0) is 18.2 Å². The predicted octanol–water partition coefficient (Wildman–Crippen LogP) is 2.71. The third-order valence-electron chi connectivity index (χ3n) is 5.28. The molecule has 4 rings (SSSR count). The van der Waals surface area contributed by atoms with Crippen LogP contribution in [-0.2, 0) is 19.1 Å². The van der Waals surface area contributed by atoms with E-state index in [9.17, 15) is 9.59 Å². The summed E-state index contributed by atoms with van der Waals surface area (Å²) in [5.74, 6) is -0.926. The molecule has 0 saturated carbocycles. The molecule has 1 atom stereocenters. The lowest BCUT2D eigenvalue weighted by Gasteiger charge is -2.38. The number of nitrogens with zero attached hydrogens (tertiary/aromatic N) is 2. The summed E-state index contributed by atoms with van der Waals surface area (Å²) >= 11 is 12.1. The average Bonchev–Trinajstić information content (AvgIpc) is 3.21. The molecular formula is C18H20Cl2N2O4. The maximum atomic E-state index is 12.9. The fourth-order valence-electron chi connectivity index (χ4n) is 3.93. The fraction of sp³-hybridized carbons (Fsp3) is 0.556. The first-order valence-corrected chi connectivity index (χ1v) is 9.55. The third-order valence-corrected chi connectivity index (χ3v) is 5.72. The maximum absolute atomic E-state index is 12.9. The largest absolute Gasteiger partial charge is 0.347 e. The zero-order valence-electron chi connectivity index (χ0n) is 14.2. The van der Waals surface area contributed by atoms with Crippen molar-refractivity contribution < 1.29 is 19.1 Å². The highest BCUT2D eigenvalue weighted by Crippen LogP contribution is 2.34. The Balaban J connectivity index is 1.41. The van der Waals surface area contributed by atoms with E-state index in [0.29, 0.717) is 61.4 Å². The molecular weight excluding hydrogens is 379 g/mol. The summed E-state index contributed by atoms with van der Waals surface area (Å²) in [4.78, 5) is 28.7. The van der Waals surface area contributed by atoms with Crippen LogP contribution in [0.3, 0.4) is 0 Å². The Hall–Kier alpha value is -1.34. The van der Waals surface area contributed by atoms with E-state index >= 15 is 0 Å². The molecule has 3 saturated heterocycles. The van der Waals surface area contributed by atoms with Crippen molar-refractivity contribution in [2.45, 2.75) is 25.0 Å². The van der Waals surface area contributed by atoms with Crippen molar-refractivity contribution in [3.8, 4) is 0 Å². The second-order valence-corrected chi connectivity index (χ2v) is 7.84. The van der Waals surface area contributed by atoms with Gasteiger partial charge >= 0.3 is 0 Å². The molecule has 0 aromatic heterocycles. The Morgan fingerprint density at radius 2 is 1.69 bits per heavy atom. The smallest absolute Gasteiger partial charge is 0.228 e. The lowest BCUT2D eigenvalue weighted by molar-refractivity contribution is -0.188. The number of amides is 2. The van der Waals surface area contributed by atoms with E-state index in [-0.39, 0.29) is 24.2 Å². The summed E-state index contributed by atoms with van der Waals surface area (Å²) in [6, 6.07) is 5.00. The van der Waals surface area contributed by atoms with Crippen molar-refractivity contribution in [1.82, 2.24) is 4.90 Å². The van der Waals surface area contributed by atoms with Crippen molar-refractivity contribution >= 4 is 40.7 Å². The number of halogens is 2. The molecule has 2 amide bonds.